The Labute approximate surface area is 98.8 Å². The Balaban J connectivity index is 2.10. The average Bonchev–Trinajstić information content (AvgIpc) is 2.61. The zero-order valence-corrected chi connectivity index (χ0v) is 9.61. The molecule has 0 radical (unpaired) electrons. The van der Waals surface area contributed by atoms with Crippen LogP contribution in [0.1, 0.15) is 23.3 Å². The normalized spacial score (nSPS) is 17.6. The molecule has 1 saturated heterocycles. The van der Waals surface area contributed by atoms with E-state index in [4.69, 9.17) is 21.4 Å². The molecule has 1 fully saturated rings. The molecule has 0 bridgehead atoms. The highest BCUT2D eigenvalue weighted by molar-refractivity contribution is 6.30. The molecule has 0 spiro atoms. The fourth-order valence-corrected chi connectivity index (χ4v) is 2.23. The SMILES string of the molecule is O=C(O)c1cc(Cl)cn1CC1CCOCC1. The zero-order chi connectivity index (χ0) is 11.5. The first kappa shape index (κ1) is 11.5. The first-order chi connectivity index (χ1) is 7.66. The summed E-state index contributed by atoms with van der Waals surface area (Å²) in [6.07, 6.45) is 3.64. The summed E-state index contributed by atoms with van der Waals surface area (Å²) in [6, 6.07) is 1.49. The van der Waals surface area contributed by atoms with E-state index < -0.39 is 5.97 Å². The van der Waals surface area contributed by atoms with Gasteiger partial charge in [0.25, 0.3) is 0 Å². The largest absolute Gasteiger partial charge is 0.477 e. The average molecular weight is 244 g/mol. The van der Waals surface area contributed by atoms with E-state index in [9.17, 15) is 4.79 Å². The summed E-state index contributed by atoms with van der Waals surface area (Å²) in [5.74, 6) is -0.450. The van der Waals surface area contributed by atoms with Crippen molar-refractivity contribution in [3.63, 3.8) is 0 Å². The van der Waals surface area contributed by atoms with Crippen molar-refractivity contribution in [2.24, 2.45) is 5.92 Å². The van der Waals surface area contributed by atoms with Crippen molar-refractivity contribution < 1.29 is 14.6 Å². The van der Waals surface area contributed by atoms with Crippen LogP contribution in [0.25, 0.3) is 0 Å². The van der Waals surface area contributed by atoms with E-state index >= 15 is 0 Å². The van der Waals surface area contributed by atoms with Crippen LogP contribution in [0.15, 0.2) is 12.3 Å². The molecule has 4 nitrogen and oxygen atoms in total. The van der Waals surface area contributed by atoms with Gasteiger partial charge in [-0.1, -0.05) is 11.6 Å². The van der Waals surface area contributed by atoms with Crippen molar-refractivity contribution in [1.82, 2.24) is 4.57 Å². The van der Waals surface area contributed by atoms with E-state index in [1.54, 1.807) is 10.8 Å². The molecule has 2 rings (SSSR count). The lowest BCUT2D eigenvalue weighted by atomic mass is 10.0. The van der Waals surface area contributed by atoms with E-state index in [1.807, 2.05) is 0 Å². The molecule has 1 N–H and O–H groups in total. The Morgan fingerprint density at radius 2 is 2.25 bits per heavy atom. The Morgan fingerprint density at radius 1 is 1.56 bits per heavy atom. The number of carbonyl (C=O) groups is 1. The van der Waals surface area contributed by atoms with Gasteiger partial charge in [0.15, 0.2) is 0 Å². The van der Waals surface area contributed by atoms with Crippen LogP contribution in [0.3, 0.4) is 0 Å². The number of ether oxygens (including phenoxy) is 1. The van der Waals surface area contributed by atoms with Crippen LogP contribution in [-0.2, 0) is 11.3 Å². The number of aromatic nitrogens is 1. The predicted octanol–water partition coefficient (Wildman–Crippen LogP) is 2.27. The van der Waals surface area contributed by atoms with Gasteiger partial charge >= 0.3 is 5.97 Å². The van der Waals surface area contributed by atoms with Crippen molar-refractivity contribution in [2.75, 3.05) is 13.2 Å². The maximum atomic E-state index is 11.0. The number of carboxylic acids is 1. The summed E-state index contributed by atoms with van der Waals surface area (Å²) >= 11 is 5.82. The van der Waals surface area contributed by atoms with Crippen LogP contribution in [0, 0.1) is 5.92 Å². The topological polar surface area (TPSA) is 51.5 Å². The molecule has 0 aromatic carbocycles. The Hall–Kier alpha value is -1.00. The third-order valence-corrected chi connectivity index (χ3v) is 3.08. The molecule has 1 aliphatic rings. The number of carboxylic acid groups (broad SMARTS) is 1. The van der Waals surface area contributed by atoms with Gasteiger partial charge in [-0.05, 0) is 24.8 Å². The van der Waals surface area contributed by atoms with Crippen molar-refractivity contribution in [3.05, 3.63) is 23.0 Å². The number of hydrogen-bond donors (Lipinski definition) is 1. The molecule has 88 valence electrons. The molecular formula is C11H14ClNO3. The molecule has 0 amide bonds. The monoisotopic (exact) mass is 243 g/mol. The van der Waals surface area contributed by atoms with Crippen LogP contribution >= 0.6 is 11.6 Å². The minimum atomic E-state index is -0.932. The second-order valence-corrected chi connectivity index (χ2v) is 4.49. The maximum absolute atomic E-state index is 11.0. The van der Waals surface area contributed by atoms with Crippen LogP contribution in [0.4, 0.5) is 0 Å². The highest BCUT2D eigenvalue weighted by Crippen LogP contribution is 2.21. The Kier molecular flexibility index (Phi) is 3.51. The molecule has 2 heterocycles. The van der Waals surface area contributed by atoms with Crippen molar-refractivity contribution in [3.8, 4) is 0 Å². The van der Waals surface area contributed by atoms with Crippen LogP contribution in [0.5, 0.6) is 0 Å². The number of aromatic carboxylic acids is 1. The minimum Gasteiger partial charge on any atom is -0.477 e. The molecule has 16 heavy (non-hydrogen) atoms. The van der Waals surface area contributed by atoms with E-state index in [2.05, 4.69) is 0 Å². The smallest absolute Gasteiger partial charge is 0.352 e. The quantitative estimate of drug-likeness (QED) is 0.886. The van der Waals surface area contributed by atoms with Gasteiger partial charge in [-0.25, -0.2) is 4.79 Å². The van der Waals surface area contributed by atoms with E-state index in [-0.39, 0.29) is 5.69 Å². The first-order valence-corrected chi connectivity index (χ1v) is 5.71. The van der Waals surface area contributed by atoms with Gasteiger partial charge in [-0.3, -0.25) is 0 Å². The fourth-order valence-electron chi connectivity index (χ4n) is 2.01. The highest BCUT2D eigenvalue weighted by atomic mass is 35.5. The van der Waals surface area contributed by atoms with Gasteiger partial charge in [0.1, 0.15) is 5.69 Å². The first-order valence-electron chi connectivity index (χ1n) is 5.33. The zero-order valence-electron chi connectivity index (χ0n) is 8.86. The summed E-state index contributed by atoms with van der Waals surface area (Å²) in [6.45, 7) is 2.24. The Bertz CT molecular complexity index is 383. The maximum Gasteiger partial charge on any atom is 0.352 e. The lowest BCUT2D eigenvalue weighted by molar-refractivity contribution is 0.0593. The van der Waals surface area contributed by atoms with Crippen LogP contribution in [0.2, 0.25) is 5.02 Å². The van der Waals surface area contributed by atoms with Gasteiger partial charge in [0, 0.05) is 26.0 Å². The van der Waals surface area contributed by atoms with Crippen molar-refractivity contribution >= 4 is 17.6 Å². The van der Waals surface area contributed by atoms with E-state index in [0.717, 1.165) is 26.1 Å². The summed E-state index contributed by atoms with van der Waals surface area (Å²) in [5.41, 5.74) is 0.261. The van der Waals surface area contributed by atoms with Gasteiger partial charge < -0.3 is 14.4 Å². The number of nitrogens with zero attached hydrogens (tertiary/aromatic N) is 1. The molecule has 0 unspecified atom stereocenters. The molecule has 0 atom stereocenters. The van der Waals surface area contributed by atoms with Gasteiger partial charge in [-0.15, -0.1) is 0 Å². The van der Waals surface area contributed by atoms with Gasteiger partial charge in [-0.2, -0.15) is 0 Å². The standard InChI is InChI=1S/C11H14ClNO3/c12-9-5-10(11(14)15)13(7-9)6-8-1-3-16-4-2-8/h5,7-8H,1-4,6H2,(H,14,15). The molecule has 1 aliphatic heterocycles. The van der Waals surface area contributed by atoms with Crippen molar-refractivity contribution in [1.29, 1.82) is 0 Å². The molecule has 1 aromatic rings. The third-order valence-electron chi connectivity index (χ3n) is 2.88. The summed E-state index contributed by atoms with van der Waals surface area (Å²) in [4.78, 5) is 11.0. The van der Waals surface area contributed by atoms with Gasteiger partial charge in [0.05, 0.1) is 5.02 Å². The summed E-state index contributed by atoms with van der Waals surface area (Å²) in [7, 11) is 0. The third kappa shape index (κ3) is 2.57. The number of halogens is 1. The highest BCUT2D eigenvalue weighted by Gasteiger charge is 2.18. The van der Waals surface area contributed by atoms with E-state index in [0.29, 0.717) is 17.5 Å². The van der Waals surface area contributed by atoms with Crippen LogP contribution < -0.4 is 0 Å². The molecule has 1 aromatic heterocycles. The fraction of sp³-hybridized carbons (Fsp3) is 0.545. The summed E-state index contributed by atoms with van der Waals surface area (Å²) in [5, 5.41) is 9.48. The predicted molar refractivity (Wildman–Crippen MR) is 59.9 cm³/mol. The molecular weight excluding hydrogens is 230 g/mol. The lowest BCUT2D eigenvalue weighted by Gasteiger charge is -2.22. The number of hydrogen-bond acceptors (Lipinski definition) is 2. The molecule has 0 aliphatic carbocycles. The van der Waals surface area contributed by atoms with Gasteiger partial charge in [0.2, 0.25) is 0 Å². The second kappa shape index (κ2) is 4.89. The summed E-state index contributed by atoms with van der Waals surface area (Å²) < 4.78 is 6.99. The molecule has 5 heteroatoms. The molecule has 0 saturated carbocycles. The minimum absolute atomic E-state index is 0.261. The van der Waals surface area contributed by atoms with E-state index in [1.165, 1.54) is 6.07 Å². The van der Waals surface area contributed by atoms with Crippen molar-refractivity contribution in [2.45, 2.75) is 19.4 Å². The Morgan fingerprint density at radius 3 is 2.88 bits per heavy atom. The lowest BCUT2D eigenvalue weighted by Crippen LogP contribution is -2.21. The number of rotatable bonds is 3. The second-order valence-electron chi connectivity index (χ2n) is 4.06. The van der Waals surface area contributed by atoms with Crippen LogP contribution in [-0.4, -0.2) is 28.9 Å².